The van der Waals surface area contributed by atoms with Gasteiger partial charge in [0.2, 0.25) is 5.91 Å². The molecule has 1 amide bonds. The van der Waals surface area contributed by atoms with Gasteiger partial charge in [-0.2, -0.15) is 5.10 Å². The van der Waals surface area contributed by atoms with Crippen LogP contribution in [0.25, 0.3) is 0 Å². The molecule has 1 unspecified atom stereocenters. The van der Waals surface area contributed by atoms with E-state index in [4.69, 9.17) is 0 Å². The maximum atomic E-state index is 11.2. The summed E-state index contributed by atoms with van der Waals surface area (Å²) in [6.07, 6.45) is 2.02. The van der Waals surface area contributed by atoms with Gasteiger partial charge in [-0.05, 0) is 38.5 Å². The van der Waals surface area contributed by atoms with Crippen LogP contribution in [0.4, 0.5) is 11.4 Å². The van der Waals surface area contributed by atoms with Crippen LogP contribution in [0.1, 0.15) is 36.7 Å². The number of hydrogen-bond donors (Lipinski definition) is 2. The molecule has 2 rings (SSSR count). The van der Waals surface area contributed by atoms with Gasteiger partial charge in [0, 0.05) is 37.1 Å². The first-order valence-corrected chi connectivity index (χ1v) is 7.01. The van der Waals surface area contributed by atoms with Gasteiger partial charge >= 0.3 is 0 Å². The van der Waals surface area contributed by atoms with Gasteiger partial charge < -0.3 is 10.6 Å². The average molecular weight is 286 g/mol. The molecule has 2 aromatic rings. The van der Waals surface area contributed by atoms with Gasteiger partial charge in [-0.25, -0.2) is 0 Å². The van der Waals surface area contributed by atoms with Crippen molar-refractivity contribution in [1.82, 2.24) is 9.78 Å². The van der Waals surface area contributed by atoms with E-state index in [0.717, 1.165) is 22.6 Å². The molecule has 112 valence electrons. The molecule has 1 atom stereocenters. The number of rotatable bonds is 4. The van der Waals surface area contributed by atoms with Crippen LogP contribution in [-0.2, 0) is 11.8 Å². The smallest absolute Gasteiger partial charge is 0.221 e. The highest BCUT2D eigenvalue weighted by Gasteiger charge is 2.12. The second-order valence-corrected chi connectivity index (χ2v) is 5.42. The lowest BCUT2D eigenvalue weighted by Crippen LogP contribution is -2.10. The topological polar surface area (TPSA) is 59.0 Å². The normalized spacial score (nSPS) is 12.0. The maximum Gasteiger partial charge on any atom is 0.221 e. The molecule has 0 aliphatic carbocycles. The molecule has 0 bridgehead atoms. The van der Waals surface area contributed by atoms with E-state index in [1.165, 1.54) is 12.5 Å². The quantitative estimate of drug-likeness (QED) is 0.907. The van der Waals surface area contributed by atoms with E-state index in [0.29, 0.717) is 0 Å². The van der Waals surface area contributed by atoms with Crippen LogP contribution in [0.5, 0.6) is 0 Å². The Bertz CT molecular complexity index is 660. The molecular formula is C16H22N4O. The van der Waals surface area contributed by atoms with Crippen molar-refractivity contribution in [1.29, 1.82) is 0 Å². The predicted octanol–water partition coefficient (Wildman–Crippen LogP) is 3.17. The molecule has 0 saturated heterocycles. The molecule has 0 spiro atoms. The van der Waals surface area contributed by atoms with Crippen molar-refractivity contribution in [3.8, 4) is 0 Å². The van der Waals surface area contributed by atoms with Gasteiger partial charge in [-0.15, -0.1) is 0 Å². The second kappa shape index (κ2) is 5.99. The van der Waals surface area contributed by atoms with Crippen LogP contribution in [-0.4, -0.2) is 15.7 Å². The lowest BCUT2D eigenvalue weighted by molar-refractivity contribution is -0.114. The number of nitrogens with zero attached hydrogens (tertiary/aromatic N) is 2. The Kier molecular flexibility index (Phi) is 4.31. The van der Waals surface area contributed by atoms with Gasteiger partial charge in [0.05, 0.1) is 11.7 Å². The number of anilines is 2. The molecule has 1 aromatic heterocycles. The maximum absolute atomic E-state index is 11.2. The van der Waals surface area contributed by atoms with Crippen LogP contribution >= 0.6 is 0 Å². The summed E-state index contributed by atoms with van der Waals surface area (Å²) in [5, 5.41) is 10.7. The van der Waals surface area contributed by atoms with Gasteiger partial charge in [-0.3, -0.25) is 9.48 Å². The molecule has 5 heteroatoms. The Morgan fingerprint density at radius 2 is 2.05 bits per heavy atom. The van der Waals surface area contributed by atoms with E-state index in [9.17, 15) is 4.79 Å². The van der Waals surface area contributed by atoms with E-state index in [1.807, 2.05) is 50.0 Å². The Balaban J connectivity index is 2.19. The molecule has 1 aromatic carbocycles. The molecule has 0 saturated carbocycles. The SMILES string of the molecule is CC(=O)Nc1cc(NC(C)c2cn(C)nc2C)ccc1C. The summed E-state index contributed by atoms with van der Waals surface area (Å²) in [5.41, 5.74) is 5.04. The van der Waals surface area contributed by atoms with E-state index < -0.39 is 0 Å². The van der Waals surface area contributed by atoms with E-state index in [1.54, 1.807) is 0 Å². The molecule has 0 radical (unpaired) electrons. The fourth-order valence-electron chi connectivity index (χ4n) is 2.41. The zero-order valence-corrected chi connectivity index (χ0v) is 13.2. The van der Waals surface area contributed by atoms with Crippen molar-refractivity contribution in [2.45, 2.75) is 33.7 Å². The van der Waals surface area contributed by atoms with Crippen molar-refractivity contribution in [2.75, 3.05) is 10.6 Å². The lowest BCUT2D eigenvalue weighted by atomic mass is 10.1. The number of hydrogen-bond acceptors (Lipinski definition) is 3. The number of carbonyl (C=O) groups excluding carboxylic acids is 1. The van der Waals surface area contributed by atoms with E-state index in [-0.39, 0.29) is 11.9 Å². The Morgan fingerprint density at radius 1 is 1.33 bits per heavy atom. The fourth-order valence-corrected chi connectivity index (χ4v) is 2.41. The van der Waals surface area contributed by atoms with Gasteiger partial charge in [-0.1, -0.05) is 6.07 Å². The Labute approximate surface area is 125 Å². The van der Waals surface area contributed by atoms with Gasteiger partial charge in [0.25, 0.3) is 0 Å². The first-order chi connectivity index (χ1) is 9.86. The van der Waals surface area contributed by atoms with Crippen molar-refractivity contribution in [3.05, 3.63) is 41.2 Å². The Morgan fingerprint density at radius 3 is 2.62 bits per heavy atom. The molecule has 0 aliphatic heterocycles. The van der Waals surface area contributed by atoms with Gasteiger partial charge in [0.15, 0.2) is 0 Å². The molecule has 1 heterocycles. The van der Waals surface area contributed by atoms with Crippen molar-refractivity contribution >= 4 is 17.3 Å². The Hall–Kier alpha value is -2.30. The van der Waals surface area contributed by atoms with Crippen molar-refractivity contribution in [3.63, 3.8) is 0 Å². The van der Waals surface area contributed by atoms with E-state index in [2.05, 4.69) is 22.7 Å². The summed E-state index contributed by atoms with van der Waals surface area (Å²) in [6.45, 7) is 7.60. The third kappa shape index (κ3) is 3.62. The highest BCUT2D eigenvalue weighted by Crippen LogP contribution is 2.25. The molecule has 2 N–H and O–H groups in total. The average Bonchev–Trinajstić information content (AvgIpc) is 2.72. The molecule has 21 heavy (non-hydrogen) atoms. The number of carbonyl (C=O) groups is 1. The van der Waals surface area contributed by atoms with Crippen LogP contribution in [0.15, 0.2) is 24.4 Å². The highest BCUT2D eigenvalue weighted by atomic mass is 16.1. The third-order valence-electron chi connectivity index (χ3n) is 3.45. The highest BCUT2D eigenvalue weighted by molar-refractivity contribution is 5.90. The lowest BCUT2D eigenvalue weighted by Gasteiger charge is -2.16. The molecule has 0 fully saturated rings. The first kappa shape index (κ1) is 15.1. The third-order valence-corrected chi connectivity index (χ3v) is 3.45. The number of nitrogens with one attached hydrogen (secondary N) is 2. The number of aromatic nitrogens is 2. The summed E-state index contributed by atoms with van der Waals surface area (Å²) in [6, 6.07) is 6.12. The van der Waals surface area contributed by atoms with Crippen LogP contribution in [0.3, 0.4) is 0 Å². The number of amides is 1. The summed E-state index contributed by atoms with van der Waals surface area (Å²) in [7, 11) is 1.92. The van der Waals surface area contributed by atoms with Gasteiger partial charge in [0.1, 0.15) is 0 Å². The minimum atomic E-state index is -0.0635. The molecule has 5 nitrogen and oxygen atoms in total. The summed E-state index contributed by atoms with van der Waals surface area (Å²) in [5.74, 6) is -0.0635. The summed E-state index contributed by atoms with van der Waals surface area (Å²) < 4.78 is 1.82. The zero-order chi connectivity index (χ0) is 15.6. The minimum Gasteiger partial charge on any atom is -0.378 e. The van der Waals surface area contributed by atoms with Crippen LogP contribution in [0.2, 0.25) is 0 Å². The standard InChI is InChI=1S/C16H22N4O/c1-10-6-7-14(8-16(10)18-13(4)21)17-11(2)15-9-20(5)19-12(15)3/h6-9,11,17H,1-5H3,(H,18,21). The van der Waals surface area contributed by atoms with E-state index >= 15 is 0 Å². The molecule has 0 aliphatic rings. The number of aryl methyl sites for hydroxylation is 3. The van der Waals surface area contributed by atoms with Crippen LogP contribution < -0.4 is 10.6 Å². The van der Waals surface area contributed by atoms with Crippen molar-refractivity contribution in [2.24, 2.45) is 7.05 Å². The zero-order valence-electron chi connectivity index (χ0n) is 13.2. The fraction of sp³-hybridized carbons (Fsp3) is 0.375. The summed E-state index contributed by atoms with van der Waals surface area (Å²) in [4.78, 5) is 11.2. The molecular weight excluding hydrogens is 264 g/mol. The van der Waals surface area contributed by atoms with Crippen LogP contribution in [0, 0.1) is 13.8 Å². The first-order valence-electron chi connectivity index (χ1n) is 7.01. The minimum absolute atomic E-state index is 0.0635. The number of benzene rings is 1. The summed E-state index contributed by atoms with van der Waals surface area (Å²) >= 11 is 0. The van der Waals surface area contributed by atoms with Crippen molar-refractivity contribution < 1.29 is 4.79 Å². The monoisotopic (exact) mass is 286 g/mol. The second-order valence-electron chi connectivity index (χ2n) is 5.42. The predicted molar refractivity (Wildman–Crippen MR) is 85.5 cm³/mol. The largest absolute Gasteiger partial charge is 0.378 e.